The van der Waals surface area contributed by atoms with Crippen LogP contribution in [-0.2, 0) is 4.79 Å². The number of carbonyl (C=O) groups excluding carboxylic acids is 2. The number of hydrogen-bond donors (Lipinski definition) is 0. The monoisotopic (exact) mass is 360 g/mol. The number of hydrogen-bond acceptors (Lipinski definition) is 4. The number of anilines is 1. The van der Waals surface area contributed by atoms with E-state index in [4.69, 9.17) is 0 Å². The fraction of sp³-hybridized carbons (Fsp3) is 0.0952. The van der Waals surface area contributed by atoms with E-state index in [-0.39, 0.29) is 11.7 Å². The lowest BCUT2D eigenvalue weighted by molar-refractivity contribution is -0.118. The first-order chi connectivity index (χ1) is 12.7. The van der Waals surface area contributed by atoms with Crippen LogP contribution in [0.5, 0.6) is 0 Å². The van der Waals surface area contributed by atoms with Gasteiger partial charge in [-0.2, -0.15) is 11.3 Å². The van der Waals surface area contributed by atoms with E-state index in [1.807, 2.05) is 60.0 Å². The molecule has 0 bridgehead atoms. The zero-order valence-corrected chi connectivity index (χ0v) is 14.9. The van der Waals surface area contributed by atoms with Crippen molar-refractivity contribution in [2.75, 3.05) is 11.9 Å². The van der Waals surface area contributed by atoms with Gasteiger partial charge in [-0.25, -0.2) is 0 Å². The van der Waals surface area contributed by atoms with Crippen molar-refractivity contribution in [2.45, 2.75) is 6.04 Å². The summed E-state index contributed by atoms with van der Waals surface area (Å²) in [6.45, 7) is 0. The van der Waals surface area contributed by atoms with E-state index in [2.05, 4.69) is 4.99 Å². The van der Waals surface area contributed by atoms with Crippen molar-refractivity contribution in [1.29, 1.82) is 0 Å². The standard InChI is InChI=1S/C21H16N2O2S/c1-23-17-10-6-5-9-16(17)18(14-7-3-2-4-8-14)22-19(21(23)25)20(24)15-11-12-26-13-15/h2-13,19H,1H3/t19-/m0/s1. The first kappa shape index (κ1) is 16.4. The van der Waals surface area contributed by atoms with E-state index in [1.54, 1.807) is 18.5 Å². The van der Waals surface area contributed by atoms with Crippen molar-refractivity contribution in [3.8, 4) is 0 Å². The largest absolute Gasteiger partial charge is 0.313 e. The van der Waals surface area contributed by atoms with Crippen LogP contribution in [0.1, 0.15) is 21.5 Å². The van der Waals surface area contributed by atoms with Gasteiger partial charge in [-0.1, -0.05) is 48.5 Å². The molecule has 4 rings (SSSR count). The van der Waals surface area contributed by atoms with Crippen LogP contribution in [0.3, 0.4) is 0 Å². The molecule has 128 valence electrons. The lowest BCUT2D eigenvalue weighted by atomic mass is 10.0. The van der Waals surface area contributed by atoms with Crippen LogP contribution in [0.4, 0.5) is 5.69 Å². The molecule has 0 saturated carbocycles. The van der Waals surface area contributed by atoms with Crippen molar-refractivity contribution < 1.29 is 9.59 Å². The molecular weight excluding hydrogens is 344 g/mol. The molecule has 0 saturated heterocycles. The van der Waals surface area contributed by atoms with Gasteiger partial charge in [0.2, 0.25) is 0 Å². The number of nitrogens with zero attached hydrogens (tertiary/aromatic N) is 2. The third-order valence-electron chi connectivity index (χ3n) is 4.44. The summed E-state index contributed by atoms with van der Waals surface area (Å²) in [5.74, 6) is -0.594. The highest BCUT2D eigenvalue weighted by Crippen LogP contribution is 2.28. The molecule has 1 amide bonds. The maximum atomic E-state index is 13.0. The summed E-state index contributed by atoms with van der Waals surface area (Å²) in [7, 11) is 1.69. The number of likely N-dealkylation sites (N-methyl/N-ethyl adjacent to an activating group) is 1. The maximum Gasteiger partial charge on any atom is 0.259 e. The zero-order chi connectivity index (χ0) is 18.1. The number of carbonyl (C=O) groups is 2. The maximum absolute atomic E-state index is 13.0. The topological polar surface area (TPSA) is 49.7 Å². The summed E-state index contributed by atoms with van der Waals surface area (Å²) >= 11 is 1.43. The number of fused-ring (bicyclic) bond motifs is 1. The molecule has 3 aromatic rings. The molecule has 1 aliphatic heterocycles. The van der Waals surface area contributed by atoms with Gasteiger partial charge in [0.05, 0.1) is 11.4 Å². The first-order valence-electron chi connectivity index (χ1n) is 8.23. The molecule has 1 aromatic heterocycles. The molecule has 0 N–H and O–H groups in total. The highest BCUT2D eigenvalue weighted by molar-refractivity contribution is 7.08. The molecule has 5 heteroatoms. The number of rotatable bonds is 3. The summed E-state index contributed by atoms with van der Waals surface area (Å²) in [4.78, 5) is 32.2. The second kappa shape index (κ2) is 6.69. The number of amides is 1. The molecule has 2 heterocycles. The molecule has 1 aliphatic rings. The molecule has 2 aromatic carbocycles. The molecular formula is C21H16N2O2S. The Kier molecular flexibility index (Phi) is 4.22. The van der Waals surface area contributed by atoms with E-state index in [1.165, 1.54) is 16.2 Å². The average molecular weight is 360 g/mol. The van der Waals surface area contributed by atoms with Gasteiger partial charge in [-0.15, -0.1) is 0 Å². The van der Waals surface area contributed by atoms with Gasteiger partial charge in [-0.3, -0.25) is 14.6 Å². The second-order valence-corrected chi connectivity index (χ2v) is 6.82. The van der Waals surface area contributed by atoms with E-state index in [9.17, 15) is 9.59 Å². The summed E-state index contributed by atoms with van der Waals surface area (Å²) in [5.41, 5.74) is 3.65. The van der Waals surface area contributed by atoms with Crippen LogP contribution in [0.15, 0.2) is 76.4 Å². The van der Waals surface area contributed by atoms with Gasteiger partial charge in [0.15, 0.2) is 11.8 Å². The average Bonchev–Trinajstić information content (AvgIpc) is 3.20. The summed E-state index contributed by atoms with van der Waals surface area (Å²) in [6.07, 6.45) is 0. The summed E-state index contributed by atoms with van der Waals surface area (Å²) < 4.78 is 0. The third kappa shape index (κ3) is 2.76. The van der Waals surface area contributed by atoms with Gasteiger partial charge in [0, 0.05) is 29.1 Å². The van der Waals surface area contributed by atoms with Gasteiger partial charge in [0.1, 0.15) is 0 Å². The number of benzodiazepines with no additional fused rings is 1. The Morgan fingerprint density at radius 3 is 2.50 bits per heavy atom. The second-order valence-electron chi connectivity index (χ2n) is 6.04. The number of para-hydroxylation sites is 1. The Morgan fingerprint density at radius 1 is 1.04 bits per heavy atom. The van der Waals surface area contributed by atoms with Gasteiger partial charge < -0.3 is 4.90 Å². The fourth-order valence-corrected chi connectivity index (χ4v) is 3.73. The minimum atomic E-state index is -1.09. The van der Waals surface area contributed by atoms with Gasteiger partial charge >= 0.3 is 0 Å². The van der Waals surface area contributed by atoms with Crippen LogP contribution in [0.25, 0.3) is 0 Å². The normalized spacial score (nSPS) is 16.7. The third-order valence-corrected chi connectivity index (χ3v) is 5.13. The minimum absolute atomic E-state index is 0.274. The van der Waals surface area contributed by atoms with Crippen LogP contribution >= 0.6 is 11.3 Å². The Morgan fingerprint density at radius 2 is 1.77 bits per heavy atom. The predicted octanol–water partition coefficient (Wildman–Crippen LogP) is 3.81. The van der Waals surface area contributed by atoms with Gasteiger partial charge in [0.25, 0.3) is 5.91 Å². The smallest absolute Gasteiger partial charge is 0.259 e. The quantitative estimate of drug-likeness (QED) is 0.527. The molecule has 0 unspecified atom stereocenters. The lowest BCUT2D eigenvalue weighted by Gasteiger charge is -2.19. The molecule has 1 atom stereocenters. The minimum Gasteiger partial charge on any atom is -0.313 e. The molecule has 0 fully saturated rings. The first-order valence-corrected chi connectivity index (χ1v) is 9.17. The van der Waals surface area contributed by atoms with E-state index in [0.29, 0.717) is 11.3 Å². The van der Waals surface area contributed by atoms with Crippen LogP contribution in [0, 0.1) is 0 Å². The van der Waals surface area contributed by atoms with Crippen molar-refractivity contribution in [2.24, 2.45) is 4.99 Å². The SMILES string of the molecule is CN1C(=O)[C@H](C(=O)c2ccsc2)N=C(c2ccccc2)c2ccccc21. The Balaban J connectivity index is 1.92. The number of thiophene rings is 1. The van der Waals surface area contributed by atoms with Crippen LogP contribution < -0.4 is 4.90 Å². The molecule has 4 nitrogen and oxygen atoms in total. The van der Waals surface area contributed by atoms with Crippen molar-refractivity contribution in [1.82, 2.24) is 0 Å². The van der Waals surface area contributed by atoms with Crippen molar-refractivity contribution in [3.63, 3.8) is 0 Å². The highest BCUT2D eigenvalue weighted by Gasteiger charge is 2.35. The van der Waals surface area contributed by atoms with Crippen molar-refractivity contribution in [3.05, 3.63) is 88.1 Å². The number of aliphatic imine (C=N–C) groups is 1. The predicted molar refractivity (Wildman–Crippen MR) is 104 cm³/mol. The Bertz CT molecular complexity index is 994. The Hall–Kier alpha value is -3.05. The Labute approximate surface area is 155 Å². The number of ketones is 1. The van der Waals surface area contributed by atoms with Gasteiger partial charge in [-0.05, 0) is 17.5 Å². The van der Waals surface area contributed by atoms with E-state index < -0.39 is 6.04 Å². The number of Topliss-reactive ketones (excluding diaryl/α,β-unsaturated/α-hetero) is 1. The van der Waals surface area contributed by atoms with Crippen LogP contribution in [0.2, 0.25) is 0 Å². The highest BCUT2D eigenvalue weighted by atomic mass is 32.1. The fourth-order valence-electron chi connectivity index (χ4n) is 3.08. The summed E-state index contributed by atoms with van der Waals surface area (Å²) in [6, 6.07) is 17.9. The van der Waals surface area contributed by atoms with E-state index in [0.717, 1.165) is 16.8 Å². The zero-order valence-electron chi connectivity index (χ0n) is 14.1. The lowest BCUT2D eigenvalue weighted by Crippen LogP contribution is -2.39. The molecule has 26 heavy (non-hydrogen) atoms. The molecule has 0 aliphatic carbocycles. The van der Waals surface area contributed by atoms with Crippen LogP contribution in [-0.4, -0.2) is 30.5 Å². The van der Waals surface area contributed by atoms with Crippen molar-refractivity contribution >= 4 is 34.4 Å². The molecule has 0 radical (unpaired) electrons. The summed E-state index contributed by atoms with van der Waals surface area (Å²) in [5, 5.41) is 3.58. The molecule has 0 spiro atoms. The van der Waals surface area contributed by atoms with E-state index >= 15 is 0 Å². The number of benzene rings is 2.